The van der Waals surface area contributed by atoms with Crippen LogP contribution in [0.4, 0.5) is 0 Å². The molecule has 0 aliphatic heterocycles. The van der Waals surface area contributed by atoms with Crippen molar-refractivity contribution in [1.82, 2.24) is 0 Å². The number of hydrogen-bond donors (Lipinski definition) is 1. The summed E-state index contributed by atoms with van der Waals surface area (Å²) in [5.74, 6) is 3.75. The maximum atomic E-state index is 11.2. The van der Waals surface area contributed by atoms with Crippen LogP contribution in [0.1, 0.15) is 58.8 Å². The number of thiocarbonyl (C=S) groups is 1. The standard InChI is InChI=1S/C21H30OS/c1-4-21(22)10-8-18-19-13(2)11-14-12-15(23)5-6-16(14)17(19)7-9-20(18,21)3/h4,12-13,16-19,22H,1,5-11H2,2-3H3/t13-,16?,17?,18?,19?,20?,21?/m1/s1. The fraction of sp³-hybridized carbons (Fsp3) is 0.762. The molecule has 4 aliphatic rings. The minimum Gasteiger partial charge on any atom is -0.385 e. The molecule has 0 aromatic carbocycles. The Labute approximate surface area is 146 Å². The molecule has 0 saturated heterocycles. The summed E-state index contributed by atoms with van der Waals surface area (Å²) in [7, 11) is 0. The number of fused-ring (bicyclic) bond motifs is 5. The Morgan fingerprint density at radius 2 is 2.09 bits per heavy atom. The van der Waals surface area contributed by atoms with Crippen LogP contribution in [0, 0.1) is 35.0 Å². The smallest absolute Gasteiger partial charge is 0.0881 e. The van der Waals surface area contributed by atoms with Gasteiger partial charge in [-0.1, -0.05) is 37.7 Å². The van der Waals surface area contributed by atoms with E-state index in [1.165, 1.54) is 30.5 Å². The molecule has 126 valence electrons. The zero-order valence-corrected chi connectivity index (χ0v) is 15.4. The van der Waals surface area contributed by atoms with Crippen molar-refractivity contribution in [2.24, 2.45) is 35.0 Å². The highest BCUT2D eigenvalue weighted by molar-refractivity contribution is 7.80. The largest absolute Gasteiger partial charge is 0.385 e. The number of rotatable bonds is 1. The highest BCUT2D eigenvalue weighted by atomic mass is 32.1. The van der Waals surface area contributed by atoms with Crippen molar-refractivity contribution in [1.29, 1.82) is 0 Å². The summed E-state index contributed by atoms with van der Waals surface area (Å²) in [6.45, 7) is 8.77. The van der Waals surface area contributed by atoms with E-state index in [9.17, 15) is 5.11 Å². The molecule has 4 aliphatic carbocycles. The second kappa shape index (κ2) is 5.26. The van der Waals surface area contributed by atoms with E-state index in [1.807, 2.05) is 6.08 Å². The van der Waals surface area contributed by atoms with Gasteiger partial charge in [0.15, 0.2) is 0 Å². The first kappa shape index (κ1) is 16.0. The van der Waals surface area contributed by atoms with Crippen LogP contribution < -0.4 is 0 Å². The minimum absolute atomic E-state index is 0.0371. The van der Waals surface area contributed by atoms with Gasteiger partial charge in [-0.15, -0.1) is 6.58 Å². The summed E-state index contributed by atoms with van der Waals surface area (Å²) in [4.78, 5) is 1.17. The van der Waals surface area contributed by atoms with E-state index >= 15 is 0 Å². The molecule has 0 spiro atoms. The Bertz CT molecular complexity index is 578. The normalized spacial score (nSPS) is 52.2. The Morgan fingerprint density at radius 3 is 2.83 bits per heavy atom. The number of allylic oxidation sites excluding steroid dienone is 2. The van der Waals surface area contributed by atoms with Crippen molar-refractivity contribution < 1.29 is 5.11 Å². The average Bonchev–Trinajstić information content (AvgIpc) is 2.79. The van der Waals surface area contributed by atoms with Crippen LogP contribution in [0.25, 0.3) is 0 Å². The van der Waals surface area contributed by atoms with Gasteiger partial charge < -0.3 is 5.11 Å². The first-order valence-corrected chi connectivity index (χ1v) is 9.90. The molecular weight excluding hydrogens is 300 g/mol. The topological polar surface area (TPSA) is 20.2 Å². The predicted molar refractivity (Wildman–Crippen MR) is 99.4 cm³/mol. The number of aliphatic hydroxyl groups is 1. The predicted octanol–water partition coefficient (Wildman–Crippen LogP) is 5.09. The van der Waals surface area contributed by atoms with E-state index in [4.69, 9.17) is 12.2 Å². The highest BCUT2D eigenvalue weighted by Gasteiger charge is 2.62. The van der Waals surface area contributed by atoms with Crippen molar-refractivity contribution in [3.63, 3.8) is 0 Å². The van der Waals surface area contributed by atoms with Gasteiger partial charge in [-0.2, -0.15) is 0 Å². The summed E-state index contributed by atoms with van der Waals surface area (Å²) in [6, 6.07) is 0. The van der Waals surface area contributed by atoms with E-state index < -0.39 is 5.60 Å². The number of hydrogen-bond acceptors (Lipinski definition) is 2. The molecule has 7 atom stereocenters. The summed E-state index contributed by atoms with van der Waals surface area (Å²) < 4.78 is 0. The maximum Gasteiger partial charge on any atom is 0.0881 e. The minimum atomic E-state index is -0.646. The molecular formula is C21H30OS. The highest BCUT2D eigenvalue weighted by Crippen LogP contribution is 2.66. The lowest BCUT2D eigenvalue weighted by Gasteiger charge is -2.57. The van der Waals surface area contributed by atoms with Gasteiger partial charge in [-0.05, 0) is 80.6 Å². The Morgan fingerprint density at radius 1 is 1.30 bits per heavy atom. The molecule has 0 radical (unpaired) electrons. The van der Waals surface area contributed by atoms with Gasteiger partial charge in [0.2, 0.25) is 0 Å². The van der Waals surface area contributed by atoms with Gasteiger partial charge >= 0.3 is 0 Å². The quantitative estimate of drug-likeness (QED) is 0.533. The van der Waals surface area contributed by atoms with Crippen LogP contribution in [0.3, 0.4) is 0 Å². The molecule has 0 heterocycles. The molecule has 3 fully saturated rings. The van der Waals surface area contributed by atoms with Crippen molar-refractivity contribution >= 4 is 17.1 Å². The van der Waals surface area contributed by atoms with Crippen LogP contribution in [0.15, 0.2) is 24.3 Å². The first-order chi connectivity index (χ1) is 10.9. The van der Waals surface area contributed by atoms with Gasteiger partial charge in [0.05, 0.1) is 5.60 Å². The fourth-order valence-corrected chi connectivity index (χ4v) is 7.25. The van der Waals surface area contributed by atoms with Gasteiger partial charge in [0, 0.05) is 10.3 Å². The molecule has 23 heavy (non-hydrogen) atoms. The molecule has 1 nitrogen and oxygen atoms in total. The third kappa shape index (κ3) is 2.10. The van der Waals surface area contributed by atoms with Crippen molar-refractivity contribution in [3.8, 4) is 0 Å². The van der Waals surface area contributed by atoms with Gasteiger partial charge in [-0.3, -0.25) is 0 Å². The molecule has 0 aromatic rings. The summed E-state index contributed by atoms with van der Waals surface area (Å²) in [5, 5.41) is 11.2. The Hall–Kier alpha value is -0.470. The van der Waals surface area contributed by atoms with Gasteiger partial charge in [0.1, 0.15) is 0 Å². The molecule has 1 N–H and O–H groups in total. The maximum absolute atomic E-state index is 11.2. The lowest BCUT2D eigenvalue weighted by molar-refractivity contribution is -0.102. The van der Waals surface area contributed by atoms with Crippen molar-refractivity contribution in [2.45, 2.75) is 64.4 Å². The van der Waals surface area contributed by atoms with Gasteiger partial charge in [0.25, 0.3) is 0 Å². The third-order valence-electron chi connectivity index (χ3n) is 8.19. The van der Waals surface area contributed by atoms with Crippen molar-refractivity contribution in [3.05, 3.63) is 24.3 Å². The average molecular weight is 331 g/mol. The monoisotopic (exact) mass is 330 g/mol. The SMILES string of the molecule is C=CC1(O)CCC2C3C(CCC21C)C1CCC(=S)C=C1C[C@H]3C. The zero-order valence-electron chi connectivity index (χ0n) is 14.6. The molecule has 0 aromatic heterocycles. The Balaban J connectivity index is 1.70. The molecule has 3 saturated carbocycles. The van der Waals surface area contributed by atoms with Crippen LogP contribution in [-0.2, 0) is 0 Å². The lowest BCUT2D eigenvalue weighted by atomic mass is 9.48. The van der Waals surface area contributed by atoms with E-state index in [0.717, 1.165) is 42.9 Å². The lowest BCUT2D eigenvalue weighted by Crippen LogP contribution is -2.53. The van der Waals surface area contributed by atoms with Crippen LogP contribution in [0.5, 0.6) is 0 Å². The van der Waals surface area contributed by atoms with E-state index in [2.05, 4.69) is 26.5 Å². The van der Waals surface area contributed by atoms with Crippen LogP contribution in [0.2, 0.25) is 0 Å². The van der Waals surface area contributed by atoms with Crippen LogP contribution in [-0.4, -0.2) is 15.6 Å². The molecule has 0 amide bonds. The fourth-order valence-electron chi connectivity index (χ4n) is 6.98. The second-order valence-electron chi connectivity index (χ2n) is 8.98. The zero-order chi connectivity index (χ0) is 16.4. The van der Waals surface area contributed by atoms with E-state index in [0.29, 0.717) is 5.92 Å². The molecule has 6 unspecified atom stereocenters. The molecule has 0 bridgehead atoms. The van der Waals surface area contributed by atoms with Crippen molar-refractivity contribution in [2.75, 3.05) is 0 Å². The molecule has 2 heteroatoms. The Kier molecular flexibility index (Phi) is 3.67. The van der Waals surface area contributed by atoms with E-state index in [1.54, 1.807) is 5.57 Å². The summed E-state index contributed by atoms with van der Waals surface area (Å²) >= 11 is 5.48. The third-order valence-corrected chi connectivity index (χ3v) is 8.52. The summed E-state index contributed by atoms with van der Waals surface area (Å²) in [5.41, 5.74) is 1.04. The first-order valence-electron chi connectivity index (χ1n) is 9.49. The van der Waals surface area contributed by atoms with Crippen LogP contribution >= 0.6 is 12.2 Å². The second-order valence-corrected chi connectivity index (χ2v) is 9.51. The van der Waals surface area contributed by atoms with E-state index in [-0.39, 0.29) is 5.41 Å². The van der Waals surface area contributed by atoms with Gasteiger partial charge in [-0.25, -0.2) is 0 Å². The molecule has 4 rings (SSSR count). The summed E-state index contributed by atoms with van der Waals surface area (Å²) in [6.07, 6.45) is 12.3.